The summed E-state index contributed by atoms with van der Waals surface area (Å²) >= 11 is 0. The van der Waals surface area contributed by atoms with Crippen LogP contribution >= 0.6 is 0 Å². The molecule has 1 aromatic carbocycles. The smallest absolute Gasteiger partial charge is 0.240 e. The van der Waals surface area contributed by atoms with Crippen molar-refractivity contribution in [3.05, 3.63) is 23.8 Å². The Hall–Kier alpha value is -2.24. The maximum atomic E-state index is 13.1. The summed E-state index contributed by atoms with van der Waals surface area (Å²) in [6.45, 7) is 3.72. The van der Waals surface area contributed by atoms with E-state index in [0.717, 1.165) is 11.2 Å². The first-order chi connectivity index (χ1) is 12.0. The van der Waals surface area contributed by atoms with Gasteiger partial charge in [-0.15, -0.1) is 0 Å². The lowest BCUT2D eigenvalue weighted by Gasteiger charge is -2.27. The van der Waals surface area contributed by atoms with Gasteiger partial charge in [-0.05, 0) is 44.9 Å². The molecule has 2 amide bonds. The summed E-state index contributed by atoms with van der Waals surface area (Å²) in [4.78, 5) is 27.0. The first-order valence-electron chi connectivity index (χ1n) is 8.34. The van der Waals surface area contributed by atoms with Gasteiger partial charge in [0.15, 0.2) is 9.84 Å². The van der Waals surface area contributed by atoms with E-state index < -0.39 is 32.9 Å². The fourth-order valence-corrected chi connectivity index (χ4v) is 5.62. The molecule has 4 atom stereocenters. The Morgan fingerprint density at radius 3 is 2.15 bits per heavy atom. The number of hydrogen-bond donors (Lipinski definition) is 0. The van der Waals surface area contributed by atoms with Gasteiger partial charge in [0.05, 0.1) is 39.2 Å². The summed E-state index contributed by atoms with van der Waals surface area (Å²) in [6, 6.07) is 5.84. The molecular formula is C18H18N2O5S. The van der Waals surface area contributed by atoms with Crippen LogP contribution in [0.15, 0.2) is 23.1 Å². The molecule has 3 saturated heterocycles. The Labute approximate surface area is 151 Å². The molecule has 3 aliphatic rings. The molecular weight excluding hydrogens is 356 g/mol. The summed E-state index contributed by atoms with van der Waals surface area (Å²) in [5.41, 5.74) is -1.18. The predicted octanol–water partition coefficient (Wildman–Crippen LogP) is 1.41. The molecule has 2 bridgehead atoms. The van der Waals surface area contributed by atoms with Gasteiger partial charge in [0.25, 0.3) is 0 Å². The number of nitriles is 1. The van der Waals surface area contributed by atoms with E-state index in [1.54, 1.807) is 0 Å². The highest BCUT2D eigenvalue weighted by molar-refractivity contribution is 7.90. The number of sulfone groups is 1. The van der Waals surface area contributed by atoms with E-state index in [1.807, 2.05) is 19.9 Å². The number of anilines is 1. The molecule has 3 aliphatic heterocycles. The highest BCUT2D eigenvalue weighted by Gasteiger charge is 2.72. The topological polar surface area (TPSA) is 105 Å². The van der Waals surface area contributed by atoms with E-state index in [4.69, 9.17) is 10.00 Å². The van der Waals surface area contributed by atoms with E-state index >= 15 is 0 Å². The molecule has 0 N–H and O–H groups in total. The minimum absolute atomic E-state index is 0.0159. The standard InChI is InChI=1S/C18H18N2O5S/c1-17-6-7-18(2,25-17)14-13(17)15(21)20(16(14)22)11-5-4-10(9-19)12(8-11)26(3,23)24/h4-5,8,13-14H,6-7H2,1-3H3/t13-,14+,17?,18?. The lowest BCUT2D eigenvalue weighted by molar-refractivity contribution is -0.129. The molecule has 2 unspecified atom stereocenters. The van der Waals surface area contributed by atoms with Crippen LogP contribution < -0.4 is 4.90 Å². The molecule has 3 heterocycles. The van der Waals surface area contributed by atoms with Gasteiger partial charge in [0.1, 0.15) is 6.07 Å². The highest BCUT2D eigenvalue weighted by Crippen LogP contribution is 2.60. The molecule has 4 rings (SSSR count). The van der Waals surface area contributed by atoms with Crippen molar-refractivity contribution in [1.29, 1.82) is 5.26 Å². The van der Waals surface area contributed by atoms with Crippen LogP contribution in [-0.4, -0.2) is 37.7 Å². The maximum absolute atomic E-state index is 13.1. The molecule has 26 heavy (non-hydrogen) atoms. The van der Waals surface area contributed by atoms with Crippen molar-refractivity contribution in [2.24, 2.45) is 11.8 Å². The predicted molar refractivity (Wildman–Crippen MR) is 90.9 cm³/mol. The van der Waals surface area contributed by atoms with Gasteiger partial charge in [-0.3, -0.25) is 9.59 Å². The van der Waals surface area contributed by atoms with Crippen molar-refractivity contribution >= 4 is 27.3 Å². The van der Waals surface area contributed by atoms with Crippen LogP contribution in [0.5, 0.6) is 0 Å². The van der Waals surface area contributed by atoms with E-state index in [9.17, 15) is 18.0 Å². The molecule has 1 aromatic rings. The van der Waals surface area contributed by atoms with E-state index in [-0.39, 0.29) is 28.0 Å². The second kappa shape index (κ2) is 4.93. The van der Waals surface area contributed by atoms with Gasteiger partial charge in [-0.1, -0.05) is 0 Å². The second-order valence-electron chi connectivity index (χ2n) is 7.76. The molecule has 3 fully saturated rings. The molecule has 0 aromatic heterocycles. The van der Waals surface area contributed by atoms with Crippen molar-refractivity contribution in [2.45, 2.75) is 42.8 Å². The van der Waals surface area contributed by atoms with Crippen LogP contribution in [0.1, 0.15) is 32.3 Å². The highest BCUT2D eigenvalue weighted by atomic mass is 32.2. The maximum Gasteiger partial charge on any atom is 0.240 e. The van der Waals surface area contributed by atoms with E-state index in [0.29, 0.717) is 12.8 Å². The Morgan fingerprint density at radius 2 is 1.69 bits per heavy atom. The van der Waals surface area contributed by atoms with Gasteiger partial charge >= 0.3 is 0 Å². The minimum atomic E-state index is -3.68. The Bertz CT molecular complexity index is 977. The minimum Gasteiger partial charge on any atom is -0.367 e. The van der Waals surface area contributed by atoms with Gasteiger partial charge < -0.3 is 4.74 Å². The van der Waals surface area contributed by atoms with E-state index in [2.05, 4.69) is 0 Å². The van der Waals surface area contributed by atoms with Gasteiger partial charge in [-0.2, -0.15) is 5.26 Å². The number of benzene rings is 1. The molecule has 0 radical (unpaired) electrons. The number of carbonyl (C=O) groups excluding carboxylic acids is 2. The first-order valence-corrected chi connectivity index (χ1v) is 10.2. The molecule has 0 spiro atoms. The van der Waals surface area contributed by atoms with Gasteiger partial charge in [0, 0.05) is 6.26 Å². The van der Waals surface area contributed by atoms with Gasteiger partial charge in [0.2, 0.25) is 11.8 Å². The van der Waals surface area contributed by atoms with Crippen LogP contribution in [0, 0.1) is 23.2 Å². The summed E-state index contributed by atoms with van der Waals surface area (Å²) < 4.78 is 30.0. The largest absolute Gasteiger partial charge is 0.367 e. The van der Waals surface area contributed by atoms with Crippen LogP contribution in [0.4, 0.5) is 5.69 Å². The molecule has 8 heteroatoms. The molecule has 0 saturated carbocycles. The number of amides is 2. The average Bonchev–Trinajstić information content (AvgIpc) is 3.10. The number of carbonyl (C=O) groups is 2. The van der Waals surface area contributed by atoms with Crippen LogP contribution in [-0.2, 0) is 24.2 Å². The third kappa shape index (κ3) is 2.04. The van der Waals surface area contributed by atoms with Crippen LogP contribution in [0.25, 0.3) is 0 Å². The fourth-order valence-electron chi connectivity index (χ4n) is 4.77. The zero-order valence-corrected chi connectivity index (χ0v) is 15.5. The summed E-state index contributed by atoms with van der Waals surface area (Å²) in [5.74, 6) is -1.86. The number of nitrogens with zero attached hydrogens (tertiary/aromatic N) is 2. The Kier molecular flexibility index (Phi) is 3.26. The Balaban J connectivity index is 1.83. The normalized spacial score (nSPS) is 35.7. The SMILES string of the molecule is CC12CCC(C)(O1)[C@H]1C(=O)N(c3ccc(C#N)c(S(C)(=O)=O)c3)C(=O)[C@H]12. The Morgan fingerprint density at radius 1 is 1.15 bits per heavy atom. The lowest BCUT2D eigenvalue weighted by atomic mass is 9.69. The van der Waals surface area contributed by atoms with Crippen LogP contribution in [0.3, 0.4) is 0 Å². The lowest BCUT2D eigenvalue weighted by Crippen LogP contribution is -2.40. The molecule has 0 aliphatic carbocycles. The van der Waals surface area contributed by atoms with Crippen molar-refractivity contribution in [3.8, 4) is 6.07 Å². The average molecular weight is 374 g/mol. The van der Waals surface area contributed by atoms with Crippen LogP contribution in [0.2, 0.25) is 0 Å². The number of imide groups is 1. The van der Waals surface area contributed by atoms with Crippen molar-refractivity contribution in [2.75, 3.05) is 11.2 Å². The fraction of sp³-hybridized carbons (Fsp3) is 0.500. The molecule has 136 valence electrons. The molecule has 7 nitrogen and oxygen atoms in total. The van der Waals surface area contributed by atoms with E-state index in [1.165, 1.54) is 18.2 Å². The number of fused-ring (bicyclic) bond motifs is 5. The number of hydrogen-bond acceptors (Lipinski definition) is 6. The van der Waals surface area contributed by atoms with Crippen molar-refractivity contribution in [3.63, 3.8) is 0 Å². The number of ether oxygens (including phenoxy) is 1. The zero-order valence-electron chi connectivity index (χ0n) is 14.6. The number of rotatable bonds is 2. The summed E-state index contributed by atoms with van der Waals surface area (Å²) in [6.07, 6.45) is 2.41. The monoisotopic (exact) mass is 374 g/mol. The first kappa shape index (κ1) is 17.2. The summed E-state index contributed by atoms with van der Waals surface area (Å²) in [7, 11) is -3.68. The second-order valence-corrected chi connectivity index (χ2v) is 9.74. The summed E-state index contributed by atoms with van der Waals surface area (Å²) in [5, 5.41) is 9.14. The zero-order chi connectivity index (χ0) is 19.1. The van der Waals surface area contributed by atoms with Gasteiger partial charge in [-0.25, -0.2) is 13.3 Å². The van der Waals surface area contributed by atoms with Crippen molar-refractivity contribution in [1.82, 2.24) is 0 Å². The van der Waals surface area contributed by atoms with Crippen molar-refractivity contribution < 1.29 is 22.7 Å². The quantitative estimate of drug-likeness (QED) is 0.725. The third-order valence-corrected chi connectivity index (χ3v) is 7.09. The third-order valence-electron chi connectivity index (χ3n) is 5.95.